The molecule has 1 rings (SSSR count). The number of rotatable bonds is 11. The van der Waals surface area contributed by atoms with Crippen LogP contribution < -0.4 is 0 Å². The molecule has 2 N–H and O–H groups in total. The zero-order valence-corrected chi connectivity index (χ0v) is 21.4. The lowest BCUT2D eigenvalue weighted by Crippen LogP contribution is -2.38. The van der Waals surface area contributed by atoms with Crippen LogP contribution in [-0.4, -0.2) is 46.7 Å². The van der Waals surface area contributed by atoms with Gasteiger partial charge >= 0.3 is 5.97 Å². The topological polar surface area (TPSA) is 77.8 Å². The molecule has 0 spiro atoms. The smallest absolute Gasteiger partial charge is 0.328 e. The zero-order chi connectivity index (χ0) is 26.1. The number of aliphatic hydroxyl groups is 1. The van der Waals surface area contributed by atoms with E-state index < -0.39 is 5.97 Å². The summed E-state index contributed by atoms with van der Waals surface area (Å²) in [7, 11) is 0. The van der Waals surface area contributed by atoms with Gasteiger partial charge in [0, 0.05) is 31.8 Å². The number of carbonyl (C=O) groups is 2. The first-order chi connectivity index (χ1) is 16.7. The van der Waals surface area contributed by atoms with E-state index in [4.69, 9.17) is 5.11 Å². The Balaban J connectivity index is 2.50. The van der Waals surface area contributed by atoms with E-state index in [1.165, 1.54) is 0 Å². The molecule has 0 aromatic carbocycles. The molecule has 1 amide bonds. The minimum atomic E-state index is -0.956. The van der Waals surface area contributed by atoms with Gasteiger partial charge in [0.1, 0.15) is 0 Å². The van der Waals surface area contributed by atoms with Gasteiger partial charge in [-0.15, -0.1) is 0 Å². The van der Waals surface area contributed by atoms with Crippen molar-refractivity contribution in [2.75, 3.05) is 19.7 Å². The highest BCUT2D eigenvalue weighted by atomic mass is 16.4. The van der Waals surface area contributed by atoms with Crippen molar-refractivity contribution in [2.45, 2.75) is 40.5 Å². The quantitative estimate of drug-likeness (QED) is 0.288. The Bertz CT molecular complexity index is 976. The predicted molar refractivity (Wildman–Crippen MR) is 145 cm³/mol. The molecule has 1 heterocycles. The van der Waals surface area contributed by atoms with Gasteiger partial charge in [-0.1, -0.05) is 95.2 Å². The molecule has 0 saturated carbocycles. The van der Waals surface area contributed by atoms with Gasteiger partial charge in [0.05, 0.1) is 0 Å². The second-order valence-electron chi connectivity index (χ2n) is 8.70. The summed E-state index contributed by atoms with van der Waals surface area (Å²) in [5.74, 6) is -0.605. The molecule has 0 aromatic heterocycles. The van der Waals surface area contributed by atoms with Crippen LogP contribution >= 0.6 is 0 Å². The van der Waals surface area contributed by atoms with Gasteiger partial charge in [-0.3, -0.25) is 4.79 Å². The summed E-state index contributed by atoms with van der Waals surface area (Å²) in [5.41, 5.74) is 4.04. The summed E-state index contributed by atoms with van der Waals surface area (Å²) in [5, 5.41) is 17.8. The third kappa shape index (κ3) is 14.4. The average Bonchev–Trinajstić information content (AvgIpc) is 2.84. The van der Waals surface area contributed by atoms with Gasteiger partial charge in [0.15, 0.2) is 0 Å². The largest absolute Gasteiger partial charge is 0.478 e. The highest BCUT2D eigenvalue weighted by Gasteiger charge is 2.20. The van der Waals surface area contributed by atoms with Crippen LogP contribution in [0.1, 0.15) is 40.5 Å². The van der Waals surface area contributed by atoms with E-state index in [0.29, 0.717) is 19.0 Å². The van der Waals surface area contributed by atoms with Crippen LogP contribution in [0.4, 0.5) is 0 Å². The van der Waals surface area contributed by atoms with Gasteiger partial charge in [-0.05, 0) is 46.5 Å². The van der Waals surface area contributed by atoms with Gasteiger partial charge in [0.2, 0.25) is 5.91 Å². The number of aliphatic hydroxyl groups excluding tert-OH is 1. The highest BCUT2D eigenvalue weighted by molar-refractivity contribution is 5.88. The number of carbonyl (C=O) groups excluding carboxylic acids is 1. The van der Waals surface area contributed by atoms with E-state index in [1.54, 1.807) is 12.2 Å². The molecule has 5 nitrogen and oxygen atoms in total. The van der Waals surface area contributed by atoms with Crippen molar-refractivity contribution < 1.29 is 19.8 Å². The molecule has 0 bridgehead atoms. The van der Waals surface area contributed by atoms with Crippen LogP contribution in [0, 0.1) is 5.92 Å². The normalized spacial score (nSPS) is 17.8. The Labute approximate surface area is 210 Å². The van der Waals surface area contributed by atoms with Crippen LogP contribution in [0.25, 0.3) is 0 Å². The van der Waals surface area contributed by atoms with E-state index in [0.717, 1.165) is 41.2 Å². The number of carboxylic acid groups (broad SMARTS) is 1. The van der Waals surface area contributed by atoms with Crippen LogP contribution in [-0.2, 0) is 9.59 Å². The van der Waals surface area contributed by atoms with Crippen molar-refractivity contribution in [3.05, 3.63) is 107 Å². The first kappa shape index (κ1) is 29.6. The fourth-order valence-electron chi connectivity index (χ4n) is 3.19. The molecule has 0 unspecified atom stereocenters. The Morgan fingerprint density at radius 1 is 0.686 bits per heavy atom. The fourth-order valence-corrected chi connectivity index (χ4v) is 3.19. The zero-order valence-electron chi connectivity index (χ0n) is 21.4. The van der Waals surface area contributed by atoms with Crippen molar-refractivity contribution in [1.82, 2.24) is 4.90 Å². The Kier molecular flexibility index (Phi) is 14.4. The van der Waals surface area contributed by atoms with Crippen molar-refractivity contribution in [3.63, 3.8) is 0 Å². The lowest BCUT2D eigenvalue weighted by molar-refractivity contribution is -0.131. The Hall–Kier alpha value is -3.44. The van der Waals surface area contributed by atoms with Crippen molar-refractivity contribution in [1.29, 1.82) is 0 Å². The van der Waals surface area contributed by atoms with E-state index in [-0.39, 0.29) is 12.5 Å². The number of allylic oxidation sites excluding steroid dienone is 16. The third-order valence-electron chi connectivity index (χ3n) is 5.43. The van der Waals surface area contributed by atoms with E-state index in [1.807, 2.05) is 99.4 Å². The predicted octanol–water partition coefficient (Wildman–Crippen LogP) is 5.87. The van der Waals surface area contributed by atoms with E-state index in [9.17, 15) is 14.7 Å². The Morgan fingerprint density at radius 2 is 1.11 bits per heavy atom. The van der Waals surface area contributed by atoms with Gasteiger partial charge in [0.25, 0.3) is 0 Å². The standard InChI is InChI=1S/C30H39NO4/c1-24(9-5-6-10-25(2)12-8-14-27(4)16-18-30(34)35)11-7-13-26(3)15-17-29(33)31-21-19-28(23-32)20-22-31/h5-18,28,32H,19-23H2,1-4H3,(H,34,35)/b6-5+,11-7+,12-8+,17-15+,18-16+,24-9+,25-10+,26-13+,27-14-. The number of piperidine rings is 1. The van der Waals surface area contributed by atoms with E-state index in [2.05, 4.69) is 0 Å². The molecule has 35 heavy (non-hydrogen) atoms. The third-order valence-corrected chi connectivity index (χ3v) is 5.43. The minimum absolute atomic E-state index is 0.0266. The number of hydrogen-bond donors (Lipinski definition) is 2. The number of carboxylic acids is 1. The van der Waals surface area contributed by atoms with Crippen LogP contribution in [0.2, 0.25) is 0 Å². The molecular formula is C30H39NO4. The second-order valence-corrected chi connectivity index (χ2v) is 8.70. The maximum Gasteiger partial charge on any atom is 0.328 e. The SMILES string of the molecule is CC(=C/C=C/C(C)=C/C=C/C=C(C)/C=C/C=C(C)/C=C/C(=O)N1CCC(CO)CC1)/C=C/C(=O)O. The van der Waals surface area contributed by atoms with Crippen LogP contribution in [0.5, 0.6) is 0 Å². The summed E-state index contributed by atoms with van der Waals surface area (Å²) in [6.07, 6.45) is 27.5. The lowest BCUT2D eigenvalue weighted by Gasteiger charge is -2.30. The summed E-state index contributed by atoms with van der Waals surface area (Å²) in [6.45, 7) is 9.46. The molecule has 0 aliphatic carbocycles. The first-order valence-electron chi connectivity index (χ1n) is 11.9. The van der Waals surface area contributed by atoms with Crippen molar-refractivity contribution in [2.24, 2.45) is 5.92 Å². The average molecular weight is 478 g/mol. The first-order valence-corrected chi connectivity index (χ1v) is 11.9. The number of aliphatic carboxylic acids is 1. The molecule has 0 atom stereocenters. The lowest BCUT2D eigenvalue weighted by atomic mass is 9.98. The van der Waals surface area contributed by atoms with Gasteiger partial charge in [-0.25, -0.2) is 4.79 Å². The van der Waals surface area contributed by atoms with Crippen molar-refractivity contribution in [3.8, 4) is 0 Å². The molecule has 1 aliphatic rings. The molecule has 5 heteroatoms. The van der Waals surface area contributed by atoms with Gasteiger partial charge in [-0.2, -0.15) is 0 Å². The number of amides is 1. The molecule has 0 radical (unpaired) electrons. The number of nitrogens with zero attached hydrogens (tertiary/aromatic N) is 1. The van der Waals surface area contributed by atoms with Crippen molar-refractivity contribution >= 4 is 11.9 Å². The van der Waals surface area contributed by atoms with Crippen LogP contribution in [0.15, 0.2) is 107 Å². The van der Waals surface area contributed by atoms with Crippen LogP contribution in [0.3, 0.4) is 0 Å². The molecule has 1 aliphatic heterocycles. The summed E-state index contributed by atoms with van der Waals surface area (Å²) in [6, 6.07) is 0. The summed E-state index contributed by atoms with van der Waals surface area (Å²) < 4.78 is 0. The number of hydrogen-bond acceptors (Lipinski definition) is 3. The monoisotopic (exact) mass is 477 g/mol. The molecular weight excluding hydrogens is 438 g/mol. The summed E-state index contributed by atoms with van der Waals surface area (Å²) in [4.78, 5) is 24.6. The Morgan fingerprint density at radius 3 is 1.57 bits per heavy atom. The maximum absolute atomic E-state index is 12.3. The minimum Gasteiger partial charge on any atom is -0.478 e. The molecule has 0 aromatic rings. The maximum atomic E-state index is 12.3. The summed E-state index contributed by atoms with van der Waals surface area (Å²) >= 11 is 0. The molecule has 1 fully saturated rings. The fraction of sp³-hybridized carbons (Fsp3) is 0.333. The highest BCUT2D eigenvalue weighted by Crippen LogP contribution is 2.16. The molecule has 1 saturated heterocycles. The molecule has 188 valence electrons. The second kappa shape index (κ2) is 17.1. The number of likely N-dealkylation sites (tertiary alicyclic amines) is 1. The van der Waals surface area contributed by atoms with Gasteiger partial charge < -0.3 is 15.1 Å². The van der Waals surface area contributed by atoms with E-state index >= 15 is 0 Å².